The van der Waals surface area contributed by atoms with Crippen molar-refractivity contribution in [3.8, 4) is 5.75 Å². The minimum absolute atomic E-state index is 0.105. The first-order valence-electron chi connectivity index (χ1n) is 11.7. The van der Waals surface area contributed by atoms with Gasteiger partial charge in [0.25, 0.3) is 0 Å². The number of fused-ring (bicyclic) bond motifs is 1. The lowest BCUT2D eigenvalue weighted by Crippen LogP contribution is -2.38. The fourth-order valence-corrected chi connectivity index (χ4v) is 6.73. The number of hydrogen-bond acceptors (Lipinski definition) is 6. The second-order valence-corrected chi connectivity index (χ2v) is 11.7. The Morgan fingerprint density at radius 2 is 1.79 bits per heavy atom. The van der Waals surface area contributed by atoms with Crippen LogP contribution < -0.4 is 9.64 Å². The molecule has 2 atom stereocenters. The van der Waals surface area contributed by atoms with E-state index in [-0.39, 0.29) is 5.75 Å². The lowest BCUT2D eigenvalue weighted by atomic mass is 9.75. The minimum Gasteiger partial charge on any atom is -0.492 e. The lowest BCUT2D eigenvalue weighted by Gasteiger charge is -2.34. The highest BCUT2D eigenvalue weighted by atomic mass is 32.2. The van der Waals surface area contributed by atoms with Gasteiger partial charge in [0.1, 0.15) is 12.4 Å². The van der Waals surface area contributed by atoms with Gasteiger partial charge in [-0.1, -0.05) is 39.8 Å². The molecule has 0 fully saturated rings. The van der Waals surface area contributed by atoms with Gasteiger partial charge >= 0.3 is 0 Å². The van der Waals surface area contributed by atoms with E-state index in [1.165, 1.54) is 0 Å². The molecule has 1 aliphatic heterocycles. The van der Waals surface area contributed by atoms with E-state index in [2.05, 4.69) is 18.7 Å². The van der Waals surface area contributed by atoms with Crippen LogP contribution in [0.3, 0.4) is 0 Å². The fourth-order valence-electron chi connectivity index (χ4n) is 4.61. The third-order valence-corrected chi connectivity index (χ3v) is 8.81. The van der Waals surface area contributed by atoms with Gasteiger partial charge in [-0.15, -0.1) is 0 Å². The summed E-state index contributed by atoms with van der Waals surface area (Å²) in [4.78, 5) is 4.54. The number of ether oxygens (including phenoxy) is 1. The van der Waals surface area contributed by atoms with Crippen LogP contribution in [-0.2, 0) is 9.84 Å². The SMILES string of the molecule is CCN(CC)CCOc1cccc([C@@H]2c3cc(N(C)C)ccc3S(=O)(=O)CC(C)(C)[C@@H]2O)c1. The van der Waals surface area contributed by atoms with Crippen LogP contribution in [0.4, 0.5) is 5.69 Å². The summed E-state index contributed by atoms with van der Waals surface area (Å²) in [5, 5.41) is 11.5. The van der Waals surface area contributed by atoms with Crippen molar-refractivity contribution in [2.45, 2.75) is 44.6 Å². The van der Waals surface area contributed by atoms with Gasteiger partial charge in [0.15, 0.2) is 9.84 Å². The summed E-state index contributed by atoms with van der Waals surface area (Å²) in [6.45, 7) is 11.3. The Kier molecular flexibility index (Phi) is 7.76. The van der Waals surface area contributed by atoms with Crippen molar-refractivity contribution < 1.29 is 18.3 Å². The highest BCUT2D eigenvalue weighted by molar-refractivity contribution is 7.91. The van der Waals surface area contributed by atoms with Crippen molar-refractivity contribution in [2.24, 2.45) is 5.41 Å². The quantitative estimate of drug-likeness (QED) is 0.628. The zero-order chi connectivity index (χ0) is 24.4. The Hall–Kier alpha value is -2.09. The molecule has 1 N–H and O–H groups in total. The van der Waals surface area contributed by atoms with Crippen molar-refractivity contribution >= 4 is 15.5 Å². The summed E-state index contributed by atoms with van der Waals surface area (Å²) in [6.07, 6.45) is -0.878. The van der Waals surface area contributed by atoms with Gasteiger partial charge in [0.05, 0.1) is 16.8 Å². The second kappa shape index (κ2) is 10.0. The third-order valence-electron chi connectivity index (χ3n) is 6.65. The number of benzene rings is 2. The molecule has 0 spiro atoms. The average molecular weight is 475 g/mol. The first-order valence-corrected chi connectivity index (χ1v) is 13.3. The first-order chi connectivity index (χ1) is 15.5. The molecule has 0 bridgehead atoms. The van der Waals surface area contributed by atoms with Crippen molar-refractivity contribution in [2.75, 3.05) is 51.0 Å². The number of aliphatic hydroxyl groups is 1. The predicted octanol–water partition coefficient (Wildman–Crippen LogP) is 3.78. The number of rotatable bonds is 8. The number of hydrogen-bond donors (Lipinski definition) is 1. The number of anilines is 1. The van der Waals surface area contributed by atoms with Gasteiger partial charge in [-0.05, 0) is 54.5 Å². The average Bonchev–Trinajstić information content (AvgIpc) is 2.81. The van der Waals surface area contributed by atoms with Gasteiger partial charge in [-0.3, -0.25) is 0 Å². The number of likely N-dealkylation sites (N-methyl/N-ethyl adjacent to an activating group) is 1. The molecule has 0 amide bonds. The maximum atomic E-state index is 13.3. The molecule has 2 aromatic carbocycles. The van der Waals surface area contributed by atoms with E-state index in [1.54, 1.807) is 6.07 Å². The van der Waals surface area contributed by atoms with Crippen LogP contribution in [0.25, 0.3) is 0 Å². The topological polar surface area (TPSA) is 70.1 Å². The highest BCUT2D eigenvalue weighted by Gasteiger charge is 2.45. The molecule has 0 saturated carbocycles. The monoisotopic (exact) mass is 474 g/mol. The van der Waals surface area contributed by atoms with Crippen LogP contribution in [0.15, 0.2) is 47.4 Å². The molecule has 1 heterocycles. The van der Waals surface area contributed by atoms with E-state index in [0.29, 0.717) is 17.1 Å². The minimum atomic E-state index is -3.56. The van der Waals surface area contributed by atoms with Crippen molar-refractivity contribution in [1.29, 1.82) is 0 Å². The van der Waals surface area contributed by atoms with Gasteiger partial charge in [-0.2, -0.15) is 0 Å². The predicted molar refractivity (Wildman–Crippen MR) is 134 cm³/mol. The van der Waals surface area contributed by atoms with Crippen molar-refractivity contribution in [1.82, 2.24) is 4.90 Å². The molecular weight excluding hydrogens is 436 g/mol. The van der Waals surface area contributed by atoms with Crippen LogP contribution in [0, 0.1) is 5.41 Å². The van der Waals surface area contributed by atoms with Crippen LogP contribution in [0.2, 0.25) is 0 Å². The molecule has 33 heavy (non-hydrogen) atoms. The van der Waals surface area contributed by atoms with Crippen LogP contribution in [0.1, 0.15) is 44.7 Å². The fraction of sp³-hybridized carbons (Fsp3) is 0.538. The smallest absolute Gasteiger partial charge is 0.179 e. The molecule has 2 aromatic rings. The summed E-state index contributed by atoms with van der Waals surface area (Å²) in [7, 11) is 0.289. The molecule has 3 rings (SSSR count). The summed E-state index contributed by atoms with van der Waals surface area (Å²) in [6, 6.07) is 13.1. The molecule has 7 heteroatoms. The standard InChI is InChI=1S/C26H38N2O4S/c1-7-28(8-2)14-15-32-21-11-9-10-19(16-21)24-22-17-20(27(5)6)12-13-23(22)33(30,31)18-26(3,4)25(24)29/h9-13,16-17,24-25,29H,7-8,14-15,18H2,1-6H3/t24-,25-/m1/s1. The van der Waals surface area contributed by atoms with E-state index in [4.69, 9.17) is 4.74 Å². The van der Waals surface area contributed by atoms with Gasteiger partial charge < -0.3 is 19.6 Å². The third kappa shape index (κ3) is 5.53. The molecule has 0 aromatic heterocycles. The number of sulfone groups is 1. The zero-order valence-electron chi connectivity index (χ0n) is 20.7. The van der Waals surface area contributed by atoms with E-state index in [0.717, 1.165) is 36.6 Å². The Morgan fingerprint density at radius 3 is 2.42 bits per heavy atom. The van der Waals surface area contributed by atoms with Crippen LogP contribution in [-0.4, -0.2) is 70.6 Å². The Labute approximate surface area is 199 Å². The maximum Gasteiger partial charge on any atom is 0.179 e. The maximum absolute atomic E-state index is 13.3. The van der Waals surface area contributed by atoms with Crippen LogP contribution >= 0.6 is 0 Å². The Morgan fingerprint density at radius 1 is 1.09 bits per heavy atom. The molecule has 1 aliphatic rings. The summed E-state index contributed by atoms with van der Waals surface area (Å²) in [5.74, 6) is 0.132. The molecule has 0 aliphatic carbocycles. The molecule has 0 unspecified atom stereocenters. The first kappa shape index (κ1) is 25.5. The van der Waals surface area contributed by atoms with Gasteiger partial charge in [-0.25, -0.2) is 8.42 Å². The summed E-state index contributed by atoms with van der Waals surface area (Å²) < 4.78 is 32.6. The lowest BCUT2D eigenvalue weighted by molar-refractivity contribution is 0.0520. The largest absolute Gasteiger partial charge is 0.492 e. The zero-order valence-corrected chi connectivity index (χ0v) is 21.5. The van der Waals surface area contributed by atoms with E-state index in [9.17, 15) is 13.5 Å². The highest BCUT2D eigenvalue weighted by Crippen LogP contribution is 2.45. The van der Waals surface area contributed by atoms with E-state index < -0.39 is 27.3 Å². The van der Waals surface area contributed by atoms with Gasteiger partial charge in [0, 0.05) is 37.7 Å². The molecule has 0 radical (unpaired) electrons. The van der Waals surface area contributed by atoms with E-state index >= 15 is 0 Å². The Bertz CT molecular complexity index is 1060. The molecule has 0 saturated heterocycles. The number of nitrogens with zero attached hydrogens (tertiary/aromatic N) is 2. The molecule has 6 nitrogen and oxygen atoms in total. The van der Waals surface area contributed by atoms with Crippen molar-refractivity contribution in [3.63, 3.8) is 0 Å². The molecular formula is C26H38N2O4S. The number of aliphatic hydroxyl groups excluding tert-OH is 1. The summed E-state index contributed by atoms with van der Waals surface area (Å²) >= 11 is 0. The van der Waals surface area contributed by atoms with Crippen LogP contribution in [0.5, 0.6) is 5.75 Å². The summed E-state index contributed by atoms with van der Waals surface area (Å²) in [5.41, 5.74) is 1.57. The second-order valence-electron chi connectivity index (χ2n) is 9.73. The van der Waals surface area contributed by atoms with E-state index in [1.807, 2.05) is 69.2 Å². The normalized spacial score (nSPS) is 21.3. The van der Waals surface area contributed by atoms with Crippen molar-refractivity contribution in [3.05, 3.63) is 53.6 Å². The Balaban J connectivity index is 2.06. The molecule has 182 valence electrons. The van der Waals surface area contributed by atoms with Gasteiger partial charge in [0.2, 0.25) is 0 Å².